The maximum absolute atomic E-state index is 6.06. The smallest absolute Gasteiger partial charge is 0.139 e. The van der Waals surface area contributed by atoms with E-state index < -0.39 is 0 Å². The molecular weight excluding hydrogens is 310 g/mol. The van der Waals surface area contributed by atoms with Crippen LogP contribution in [0.2, 0.25) is 0 Å². The van der Waals surface area contributed by atoms with Crippen LogP contribution in [0.25, 0.3) is 21.8 Å². The summed E-state index contributed by atoms with van der Waals surface area (Å²) in [6.45, 7) is 0. The molecule has 0 spiro atoms. The number of anilines is 1. The molecule has 0 radical (unpaired) electrons. The lowest BCUT2D eigenvalue weighted by atomic mass is 10.1. The summed E-state index contributed by atoms with van der Waals surface area (Å²) in [4.78, 5) is 4.45. The number of benzene rings is 2. The molecule has 5 heteroatoms. The molecule has 0 aliphatic heterocycles. The summed E-state index contributed by atoms with van der Waals surface area (Å²) in [7, 11) is 2.03. The number of fused-ring (bicyclic) bond motifs is 3. The van der Waals surface area contributed by atoms with Gasteiger partial charge in [0.1, 0.15) is 11.5 Å². The number of nitrogens with two attached hydrogens (primary N) is 1. The molecule has 0 amide bonds. The molecule has 2 heterocycles. The average Bonchev–Trinajstić information content (AvgIpc) is 2.91. The van der Waals surface area contributed by atoms with Crippen molar-refractivity contribution < 1.29 is 4.74 Å². The maximum Gasteiger partial charge on any atom is 0.139 e. The number of rotatable bonds is 2. The van der Waals surface area contributed by atoms with E-state index in [4.69, 9.17) is 10.5 Å². The summed E-state index contributed by atoms with van der Waals surface area (Å²) in [6.07, 6.45) is 3.81. The SMILES string of the molecule is Cl.Cn1ccc2c3c(Oc4ccc(N)cc4)ccnc3ccc21. The Morgan fingerprint density at radius 3 is 2.57 bits per heavy atom. The van der Waals surface area contributed by atoms with Crippen molar-refractivity contribution in [3.63, 3.8) is 0 Å². The molecule has 2 N–H and O–H groups in total. The fraction of sp³-hybridized carbons (Fsp3) is 0.0556. The maximum atomic E-state index is 6.06. The molecule has 2 aromatic carbocycles. The Kier molecular flexibility index (Phi) is 3.84. The van der Waals surface area contributed by atoms with E-state index in [2.05, 4.69) is 21.7 Å². The minimum Gasteiger partial charge on any atom is -0.457 e. The van der Waals surface area contributed by atoms with E-state index in [9.17, 15) is 0 Å². The van der Waals surface area contributed by atoms with E-state index >= 15 is 0 Å². The minimum atomic E-state index is 0. The first kappa shape index (κ1) is 15.2. The predicted octanol–water partition coefficient (Wildman–Crippen LogP) is 4.52. The van der Waals surface area contributed by atoms with E-state index in [0.29, 0.717) is 0 Å². The summed E-state index contributed by atoms with van der Waals surface area (Å²) in [5, 5.41) is 2.16. The molecular formula is C18H16ClN3O. The van der Waals surface area contributed by atoms with Gasteiger partial charge >= 0.3 is 0 Å². The summed E-state index contributed by atoms with van der Waals surface area (Å²) in [5.74, 6) is 1.56. The molecule has 0 saturated carbocycles. The van der Waals surface area contributed by atoms with Gasteiger partial charge in [0.2, 0.25) is 0 Å². The summed E-state index contributed by atoms with van der Waals surface area (Å²) in [6, 6.07) is 15.5. The van der Waals surface area contributed by atoms with Gasteiger partial charge in [0.15, 0.2) is 0 Å². The Balaban J connectivity index is 0.00000156. The highest BCUT2D eigenvalue weighted by Gasteiger charge is 2.10. The molecule has 4 aromatic rings. The highest BCUT2D eigenvalue weighted by molar-refractivity contribution is 6.08. The molecule has 0 fully saturated rings. The number of hydrogen-bond acceptors (Lipinski definition) is 3. The van der Waals surface area contributed by atoms with Gasteiger partial charge in [0, 0.05) is 36.0 Å². The van der Waals surface area contributed by atoms with Crippen molar-refractivity contribution in [1.82, 2.24) is 9.55 Å². The molecule has 0 atom stereocenters. The zero-order valence-corrected chi connectivity index (χ0v) is 13.4. The standard InChI is InChI=1S/C18H15N3O.ClH/c1-21-11-9-14-16(21)7-6-15-18(14)17(8-10-20-15)22-13-4-2-12(19)3-5-13;/h2-11H,19H2,1H3;1H. The number of ether oxygens (including phenoxy) is 1. The highest BCUT2D eigenvalue weighted by Crippen LogP contribution is 2.34. The number of pyridine rings is 1. The van der Waals surface area contributed by atoms with E-state index in [-0.39, 0.29) is 12.4 Å². The summed E-state index contributed by atoms with van der Waals surface area (Å²) < 4.78 is 8.15. The number of nitrogen functional groups attached to an aromatic ring is 1. The van der Waals surface area contributed by atoms with Crippen LogP contribution in [-0.2, 0) is 7.05 Å². The molecule has 23 heavy (non-hydrogen) atoms. The van der Waals surface area contributed by atoms with Gasteiger partial charge in [0.05, 0.1) is 10.9 Å². The number of hydrogen-bond donors (Lipinski definition) is 1. The van der Waals surface area contributed by atoms with E-state index in [0.717, 1.165) is 39.0 Å². The number of aryl methyl sites for hydroxylation is 1. The second-order valence-electron chi connectivity index (χ2n) is 5.30. The molecule has 116 valence electrons. The third-order valence-corrected chi connectivity index (χ3v) is 3.84. The Morgan fingerprint density at radius 2 is 1.78 bits per heavy atom. The third kappa shape index (κ3) is 2.58. The Hall–Kier alpha value is -2.72. The number of aromatic nitrogens is 2. The summed E-state index contributed by atoms with van der Waals surface area (Å²) >= 11 is 0. The normalized spacial score (nSPS) is 10.7. The highest BCUT2D eigenvalue weighted by atomic mass is 35.5. The lowest BCUT2D eigenvalue weighted by molar-refractivity contribution is 0.488. The topological polar surface area (TPSA) is 53.1 Å². The quantitative estimate of drug-likeness (QED) is 0.551. The molecule has 0 aliphatic carbocycles. The first-order chi connectivity index (χ1) is 10.7. The Labute approximate surface area is 139 Å². The van der Waals surface area contributed by atoms with Gasteiger partial charge in [-0.2, -0.15) is 0 Å². The van der Waals surface area contributed by atoms with Gasteiger partial charge in [-0.15, -0.1) is 12.4 Å². The molecule has 4 rings (SSSR count). The minimum absolute atomic E-state index is 0. The van der Waals surface area contributed by atoms with Crippen molar-refractivity contribution >= 4 is 39.9 Å². The molecule has 0 aliphatic rings. The van der Waals surface area contributed by atoms with Crippen LogP contribution in [0.5, 0.6) is 11.5 Å². The molecule has 0 bridgehead atoms. The van der Waals surface area contributed by atoms with Gasteiger partial charge in [-0.05, 0) is 48.5 Å². The van der Waals surface area contributed by atoms with Crippen molar-refractivity contribution in [3.8, 4) is 11.5 Å². The van der Waals surface area contributed by atoms with Crippen LogP contribution in [-0.4, -0.2) is 9.55 Å². The van der Waals surface area contributed by atoms with E-state index in [1.54, 1.807) is 6.20 Å². The van der Waals surface area contributed by atoms with Gasteiger partial charge < -0.3 is 15.0 Å². The predicted molar refractivity (Wildman–Crippen MR) is 96.4 cm³/mol. The van der Waals surface area contributed by atoms with Gasteiger partial charge in [-0.25, -0.2) is 0 Å². The first-order valence-electron chi connectivity index (χ1n) is 7.08. The van der Waals surface area contributed by atoms with Gasteiger partial charge in [-0.3, -0.25) is 4.98 Å². The molecule has 4 nitrogen and oxygen atoms in total. The van der Waals surface area contributed by atoms with Crippen molar-refractivity contribution in [3.05, 3.63) is 60.9 Å². The van der Waals surface area contributed by atoms with Crippen LogP contribution >= 0.6 is 12.4 Å². The second-order valence-corrected chi connectivity index (χ2v) is 5.30. The van der Waals surface area contributed by atoms with E-state index in [1.165, 1.54) is 0 Å². The van der Waals surface area contributed by atoms with Crippen LogP contribution in [0.1, 0.15) is 0 Å². The zero-order chi connectivity index (χ0) is 15.1. The van der Waals surface area contributed by atoms with Gasteiger partial charge in [-0.1, -0.05) is 0 Å². The molecule has 0 saturated heterocycles. The zero-order valence-electron chi connectivity index (χ0n) is 12.6. The van der Waals surface area contributed by atoms with Crippen molar-refractivity contribution in [2.45, 2.75) is 0 Å². The number of nitrogens with zero attached hydrogens (tertiary/aromatic N) is 2. The average molecular weight is 326 g/mol. The second kappa shape index (κ2) is 5.82. The fourth-order valence-electron chi connectivity index (χ4n) is 2.72. The van der Waals surface area contributed by atoms with Crippen LogP contribution in [0.15, 0.2) is 60.9 Å². The van der Waals surface area contributed by atoms with E-state index in [1.807, 2.05) is 49.6 Å². The van der Waals surface area contributed by atoms with Crippen LogP contribution in [0.3, 0.4) is 0 Å². The monoisotopic (exact) mass is 325 g/mol. The Morgan fingerprint density at radius 1 is 1.00 bits per heavy atom. The van der Waals surface area contributed by atoms with Crippen molar-refractivity contribution in [2.75, 3.05) is 5.73 Å². The largest absolute Gasteiger partial charge is 0.457 e. The lowest BCUT2D eigenvalue weighted by Crippen LogP contribution is -1.90. The van der Waals surface area contributed by atoms with Crippen LogP contribution in [0.4, 0.5) is 5.69 Å². The number of halogens is 1. The Bertz CT molecular complexity index is 977. The fourth-order valence-corrected chi connectivity index (χ4v) is 2.72. The van der Waals surface area contributed by atoms with Crippen molar-refractivity contribution in [2.24, 2.45) is 7.05 Å². The van der Waals surface area contributed by atoms with Crippen molar-refractivity contribution in [1.29, 1.82) is 0 Å². The van der Waals surface area contributed by atoms with Gasteiger partial charge in [0.25, 0.3) is 0 Å². The van der Waals surface area contributed by atoms with Crippen LogP contribution in [0, 0.1) is 0 Å². The third-order valence-electron chi connectivity index (χ3n) is 3.84. The lowest BCUT2D eigenvalue weighted by Gasteiger charge is -2.10. The summed E-state index contributed by atoms with van der Waals surface area (Å²) in [5.41, 5.74) is 8.52. The molecule has 2 aromatic heterocycles. The first-order valence-corrected chi connectivity index (χ1v) is 7.08. The van der Waals surface area contributed by atoms with Crippen LogP contribution < -0.4 is 10.5 Å². The molecule has 0 unspecified atom stereocenters.